The Morgan fingerprint density at radius 1 is 1.04 bits per heavy atom. The number of amides is 1. The summed E-state index contributed by atoms with van der Waals surface area (Å²) in [6, 6.07) is 11.7. The zero-order chi connectivity index (χ0) is 19.0. The Balaban J connectivity index is 1.60. The number of hydrogen-bond acceptors (Lipinski definition) is 5. The Morgan fingerprint density at radius 2 is 1.70 bits per heavy atom. The highest BCUT2D eigenvalue weighted by molar-refractivity contribution is 6.28. The Bertz CT molecular complexity index is 1020. The van der Waals surface area contributed by atoms with Crippen LogP contribution in [-0.4, -0.2) is 35.4 Å². The standard InChI is InChI=1S/C21H16N2O4/c1-13(27-21(26)23-10-4-9-22-12-23)14-7-8-17-18(11-14)20(25)16-6-3-2-5-15(16)19(17)24/h2-9,11-13H,10H2,1H3. The molecule has 4 rings (SSSR count). The molecule has 0 fully saturated rings. The van der Waals surface area contributed by atoms with Crippen molar-refractivity contribution in [2.24, 2.45) is 4.99 Å². The first kappa shape index (κ1) is 16.9. The number of hydrogen-bond donors (Lipinski definition) is 0. The number of ether oxygens (including phenoxy) is 1. The molecule has 2 aliphatic rings. The maximum atomic E-state index is 12.8. The van der Waals surface area contributed by atoms with Crippen LogP contribution in [0.2, 0.25) is 0 Å². The van der Waals surface area contributed by atoms with Crippen LogP contribution in [0.4, 0.5) is 4.79 Å². The average Bonchev–Trinajstić information content (AvgIpc) is 2.72. The number of aliphatic imine (C=N–C) groups is 1. The topological polar surface area (TPSA) is 76.0 Å². The molecule has 0 saturated carbocycles. The molecule has 1 aliphatic heterocycles. The van der Waals surface area contributed by atoms with E-state index in [-0.39, 0.29) is 11.6 Å². The van der Waals surface area contributed by atoms with Gasteiger partial charge in [0.05, 0.1) is 0 Å². The fourth-order valence-corrected chi connectivity index (χ4v) is 3.17. The van der Waals surface area contributed by atoms with Crippen molar-refractivity contribution < 1.29 is 19.1 Å². The van der Waals surface area contributed by atoms with E-state index in [1.807, 2.05) is 0 Å². The SMILES string of the molecule is CC(OC(=O)N1C=NC=CC1)c1ccc2c(c1)C(=O)c1ccccc1C2=O. The molecular weight excluding hydrogens is 344 g/mol. The van der Waals surface area contributed by atoms with Gasteiger partial charge in [-0.15, -0.1) is 0 Å². The van der Waals surface area contributed by atoms with Crippen LogP contribution >= 0.6 is 0 Å². The van der Waals surface area contributed by atoms with Crippen molar-refractivity contribution in [2.75, 3.05) is 6.54 Å². The summed E-state index contributed by atoms with van der Waals surface area (Å²) in [5, 5.41) is 0. The highest BCUT2D eigenvalue weighted by atomic mass is 16.6. The van der Waals surface area contributed by atoms with Crippen LogP contribution in [0.1, 0.15) is 50.4 Å². The fraction of sp³-hybridized carbons (Fsp3) is 0.143. The minimum Gasteiger partial charge on any atom is -0.441 e. The monoisotopic (exact) mass is 360 g/mol. The van der Waals surface area contributed by atoms with Crippen LogP contribution in [0, 0.1) is 0 Å². The lowest BCUT2D eigenvalue weighted by atomic mass is 9.83. The Labute approximate surface area is 155 Å². The predicted molar refractivity (Wildman–Crippen MR) is 99.0 cm³/mol. The van der Waals surface area contributed by atoms with Gasteiger partial charge in [0.2, 0.25) is 0 Å². The molecule has 6 heteroatoms. The van der Waals surface area contributed by atoms with Crippen molar-refractivity contribution in [1.29, 1.82) is 0 Å². The van der Waals surface area contributed by atoms with Crippen LogP contribution in [0.5, 0.6) is 0 Å². The third kappa shape index (κ3) is 2.95. The van der Waals surface area contributed by atoms with E-state index < -0.39 is 12.2 Å². The predicted octanol–water partition coefficient (Wildman–Crippen LogP) is 3.52. The third-order valence-electron chi connectivity index (χ3n) is 4.63. The maximum absolute atomic E-state index is 12.8. The lowest BCUT2D eigenvalue weighted by Crippen LogP contribution is -2.32. The van der Waals surface area contributed by atoms with Gasteiger partial charge in [-0.05, 0) is 30.7 Å². The normalized spacial score (nSPS) is 16.0. The summed E-state index contributed by atoms with van der Waals surface area (Å²) in [6.07, 6.45) is 3.65. The summed E-state index contributed by atoms with van der Waals surface area (Å²) >= 11 is 0. The first-order valence-corrected chi connectivity index (χ1v) is 8.54. The zero-order valence-corrected chi connectivity index (χ0v) is 14.6. The van der Waals surface area contributed by atoms with E-state index >= 15 is 0 Å². The lowest BCUT2D eigenvalue weighted by molar-refractivity contribution is 0.0887. The number of ketones is 2. The van der Waals surface area contributed by atoms with Crippen LogP contribution in [0.15, 0.2) is 59.7 Å². The highest BCUT2D eigenvalue weighted by Crippen LogP contribution is 2.30. The number of rotatable bonds is 2. The molecule has 0 radical (unpaired) electrons. The molecule has 2 aromatic carbocycles. The molecule has 0 saturated heterocycles. The molecule has 1 heterocycles. The van der Waals surface area contributed by atoms with E-state index in [9.17, 15) is 14.4 Å². The maximum Gasteiger partial charge on any atom is 0.415 e. The van der Waals surface area contributed by atoms with Crippen LogP contribution in [-0.2, 0) is 4.74 Å². The molecular formula is C21H16N2O4. The van der Waals surface area contributed by atoms with Crippen LogP contribution in [0.3, 0.4) is 0 Å². The molecule has 6 nitrogen and oxygen atoms in total. The molecule has 1 unspecified atom stereocenters. The smallest absolute Gasteiger partial charge is 0.415 e. The second kappa shape index (κ2) is 6.64. The van der Waals surface area contributed by atoms with Gasteiger partial charge in [-0.25, -0.2) is 9.79 Å². The second-order valence-electron chi connectivity index (χ2n) is 6.34. The van der Waals surface area contributed by atoms with Gasteiger partial charge in [-0.2, -0.15) is 0 Å². The van der Waals surface area contributed by atoms with Crippen molar-refractivity contribution in [3.8, 4) is 0 Å². The second-order valence-corrected chi connectivity index (χ2v) is 6.34. The van der Waals surface area contributed by atoms with Crippen molar-refractivity contribution in [3.63, 3.8) is 0 Å². The van der Waals surface area contributed by atoms with Crippen molar-refractivity contribution in [3.05, 3.63) is 82.6 Å². The largest absolute Gasteiger partial charge is 0.441 e. The molecule has 1 atom stereocenters. The Morgan fingerprint density at radius 3 is 2.37 bits per heavy atom. The summed E-state index contributed by atoms with van der Waals surface area (Å²) in [4.78, 5) is 42.9. The van der Waals surface area contributed by atoms with Crippen molar-refractivity contribution >= 4 is 24.0 Å². The quantitative estimate of drug-likeness (QED) is 0.701. The van der Waals surface area contributed by atoms with Crippen molar-refractivity contribution in [2.45, 2.75) is 13.0 Å². The first-order valence-electron chi connectivity index (χ1n) is 8.54. The fourth-order valence-electron chi connectivity index (χ4n) is 3.17. The Hall–Kier alpha value is -3.54. The van der Waals surface area contributed by atoms with Gasteiger partial charge in [0.15, 0.2) is 11.6 Å². The number of benzene rings is 2. The summed E-state index contributed by atoms with van der Waals surface area (Å²) in [5.74, 6) is -0.374. The number of nitrogens with zero attached hydrogens (tertiary/aromatic N) is 2. The minimum absolute atomic E-state index is 0.173. The van der Waals surface area contributed by atoms with Gasteiger partial charge >= 0.3 is 6.09 Å². The molecule has 1 amide bonds. The number of carbonyl (C=O) groups is 3. The van der Waals surface area contributed by atoms with E-state index in [0.29, 0.717) is 34.4 Å². The lowest BCUT2D eigenvalue weighted by Gasteiger charge is -2.22. The molecule has 1 aliphatic carbocycles. The number of fused-ring (bicyclic) bond motifs is 2. The van der Waals surface area contributed by atoms with Gasteiger partial charge in [0.1, 0.15) is 12.4 Å². The van der Waals surface area contributed by atoms with Gasteiger partial charge in [-0.1, -0.05) is 30.3 Å². The van der Waals surface area contributed by atoms with Gasteiger partial charge in [0.25, 0.3) is 0 Å². The molecule has 0 spiro atoms. The third-order valence-corrected chi connectivity index (χ3v) is 4.63. The zero-order valence-electron chi connectivity index (χ0n) is 14.6. The number of carbonyl (C=O) groups excluding carboxylic acids is 3. The van der Waals surface area contributed by atoms with E-state index in [1.165, 1.54) is 11.2 Å². The summed E-state index contributed by atoms with van der Waals surface area (Å²) in [6.45, 7) is 2.11. The van der Waals surface area contributed by atoms with Gasteiger partial charge < -0.3 is 4.74 Å². The van der Waals surface area contributed by atoms with E-state index in [0.717, 1.165) is 0 Å². The van der Waals surface area contributed by atoms with E-state index in [2.05, 4.69) is 4.99 Å². The van der Waals surface area contributed by atoms with E-state index in [1.54, 1.807) is 61.7 Å². The Kier molecular flexibility index (Phi) is 4.16. The summed E-state index contributed by atoms with van der Waals surface area (Å²) in [5.41, 5.74) is 2.16. The molecule has 0 N–H and O–H groups in total. The van der Waals surface area contributed by atoms with Crippen molar-refractivity contribution in [1.82, 2.24) is 4.90 Å². The molecule has 27 heavy (non-hydrogen) atoms. The molecule has 2 aromatic rings. The molecule has 0 bridgehead atoms. The summed E-state index contributed by atoms with van der Waals surface area (Å²) in [7, 11) is 0. The average molecular weight is 360 g/mol. The van der Waals surface area contributed by atoms with Gasteiger partial charge in [-0.3, -0.25) is 14.5 Å². The van der Waals surface area contributed by atoms with Gasteiger partial charge in [0, 0.05) is 35.0 Å². The summed E-state index contributed by atoms with van der Waals surface area (Å²) < 4.78 is 5.46. The molecule has 134 valence electrons. The molecule has 0 aromatic heterocycles. The van der Waals surface area contributed by atoms with Crippen LogP contribution < -0.4 is 0 Å². The highest BCUT2D eigenvalue weighted by Gasteiger charge is 2.30. The van der Waals surface area contributed by atoms with Crippen LogP contribution in [0.25, 0.3) is 0 Å². The minimum atomic E-state index is -0.581. The first-order chi connectivity index (χ1) is 13.1. The van der Waals surface area contributed by atoms with E-state index in [4.69, 9.17) is 4.74 Å².